The van der Waals surface area contributed by atoms with Crippen LogP contribution in [0, 0.1) is 0 Å². The molecule has 1 atom stereocenters. The number of nitrogens with one attached hydrogen (secondary N) is 1. The molecule has 6 heteroatoms. The van der Waals surface area contributed by atoms with Crippen molar-refractivity contribution in [1.82, 2.24) is 15.1 Å². The van der Waals surface area contributed by atoms with Crippen molar-refractivity contribution in [1.29, 1.82) is 0 Å². The van der Waals surface area contributed by atoms with Crippen LogP contribution >= 0.6 is 0 Å². The molecule has 3 amide bonds. The monoisotopic (exact) mass is 297 g/mol. The van der Waals surface area contributed by atoms with Gasteiger partial charge in [0.1, 0.15) is 6.04 Å². The molecular weight excluding hydrogens is 270 g/mol. The molecule has 0 saturated carbocycles. The fourth-order valence-electron chi connectivity index (χ4n) is 2.87. The minimum atomic E-state index is -0.503. The smallest absolute Gasteiger partial charge is 0.320 e. The van der Waals surface area contributed by atoms with Crippen molar-refractivity contribution in [3.8, 4) is 0 Å². The maximum Gasteiger partial charge on any atom is 0.320 e. The van der Waals surface area contributed by atoms with Crippen LogP contribution in [0.1, 0.15) is 39.5 Å². The fraction of sp³-hybridized carbons (Fsp3) is 0.867. The molecule has 0 radical (unpaired) electrons. The molecule has 0 aromatic heterocycles. The number of amides is 3. The van der Waals surface area contributed by atoms with Crippen LogP contribution in [0.4, 0.5) is 4.79 Å². The zero-order valence-electron chi connectivity index (χ0n) is 13.1. The summed E-state index contributed by atoms with van der Waals surface area (Å²) in [5.41, 5.74) is 0. The Morgan fingerprint density at radius 1 is 1.10 bits per heavy atom. The molecule has 0 spiro atoms. The number of morpholine rings is 1. The van der Waals surface area contributed by atoms with Gasteiger partial charge >= 0.3 is 6.03 Å². The summed E-state index contributed by atoms with van der Waals surface area (Å²) in [5.74, 6) is -0.118. The minimum Gasteiger partial charge on any atom is -0.377 e. The summed E-state index contributed by atoms with van der Waals surface area (Å²) in [5, 5.41) is 2.88. The Morgan fingerprint density at radius 3 is 2.38 bits per heavy atom. The van der Waals surface area contributed by atoms with Gasteiger partial charge in [-0.25, -0.2) is 4.79 Å². The van der Waals surface area contributed by atoms with E-state index >= 15 is 0 Å². The Morgan fingerprint density at radius 2 is 1.76 bits per heavy atom. The number of urea groups is 1. The Balaban J connectivity index is 2.02. The van der Waals surface area contributed by atoms with E-state index in [4.69, 9.17) is 4.74 Å². The Hall–Kier alpha value is -1.30. The number of hydrogen-bond donors (Lipinski definition) is 1. The summed E-state index contributed by atoms with van der Waals surface area (Å²) in [4.78, 5) is 28.6. The first-order valence-corrected chi connectivity index (χ1v) is 8.03. The SMILES string of the molecule is CC(C)NC(=O)C1COCCN1C(=O)N1CCCCCC1. The molecule has 2 aliphatic rings. The molecule has 2 fully saturated rings. The van der Waals surface area contributed by atoms with E-state index in [1.165, 1.54) is 12.8 Å². The van der Waals surface area contributed by atoms with Gasteiger partial charge in [-0.1, -0.05) is 12.8 Å². The van der Waals surface area contributed by atoms with Crippen LogP contribution in [0.5, 0.6) is 0 Å². The number of hydrogen-bond acceptors (Lipinski definition) is 3. The largest absolute Gasteiger partial charge is 0.377 e. The molecule has 0 bridgehead atoms. The highest BCUT2D eigenvalue weighted by atomic mass is 16.5. The fourth-order valence-corrected chi connectivity index (χ4v) is 2.87. The molecule has 2 saturated heterocycles. The van der Waals surface area contributed by atoms with Gasteiger partial charge in [0.05, 0.1) is 13.2 Å². The van der Waals surface area contributed by atoms with E-state index in [2.05, 4.69) is 5.32 Å². The Labute approximate surface area is 126 Å². The number of rotatable bonds is 2. The Bertz CT molecular complexity index is 365. The maximum atomic E-state index is 12.7. The molecular formula is C15H27N3O3. The molecule has 21 heavy (non-hydrogen) atoms. The van der Waals surface area contributed by atoms with Crippen LogP contribution in [-0.2, 0) is 9.53 Å². The van der Waals surface area contributed by atoms with E-state index in [1.807, 2.05) is 18.7 Å². The number of nitrogens with zero attached hydrogens (tertiary/aromatic N) is 2. The second-order valence-corrected chi connectivity index (χ2v) is 6.13. The molecule has 2 rings (SSSR count). The van der Waals surface area contributed by atoms with Crippen molar-refractivity contribution in [3.05, 3.63) is 0 Å². The molecule has 0 aliphatic carbocycles. The van der Waals surface area contributed by atoms with Crippen LogP contribution in [0.2, 0.25) is 0 Å². The lowest BCUT2D eigenvalue weighted by atomic mass is 10.2. The van der Waals surface area contributed by atoms with Crippen LogP contribution in [0.25, 0.3) is 0 Å². The van der Waals surface area contributed by atoms with Gasteiger partial charge in [0.25, 0.3) is 0 Å². The van der Waals surface area contributed by atoms with E-state index in [-0.39, 0.29) is 24.6 Å². The minimum absolute atomic E-state index is 0.0101. The van der Waals surface area contributed by atoms with Crippen molar-refractivity contribution in [2.75, 3.05) is 32.8 Å². The number of carbonyl (C=O) groups is 2. The lowest BCUT2D eigenvalue weighted by Crippen LogP contribution is -2.59. The van der Waals surface area contributed by atoms with Gasteiger partial charge in [0, 0.05) is 25.7 Å². The van der Waals surface area contributed by atoms with Crippen LogP contribution in [0.15, 0.2) is 0 Å². The van der Waals surface area contributed by atoms with Crippen molar-refractivity contribution < 1.29 is 14.3 Å². The average Bonchev–Trinajstić information content (AvgIpc) is 2.75. The van der Waals surface area contributed by atoms with Gasteiger partial charge in [-0.3, -0.25) is 4.79 Å². The van der Waals surface area contributed by atoms with Gasteiger partial charge in [-0.2, -0.15) is 0 Å². The number of likely N-dealkylation sites (tertiary alicyclic amines) is 1. The van der Waals surface area contributed by atoms with Crippen LogP contribution in [-0.4, -0.2) is 66.7 Å². The van der Waals surface area contributed by atoms with Gasteiger partial charge in [-0.15, -0.1) is 0 Å². The molecule has 1 N–H and O–H groups in total. The standard InChI is InChI=1S/C15H27N3O3/c1-12(2)16-14(19)13-11-21-10-9-18(13)15(20)17-7-5-3-4-6-8-17/h12-13H,3-11H2,1-2H3,(H,16,19). The molecule has 2 heterocycles. The van der Waals surface area contributed by atoms with Crippen molar-refractivity contribution in [2.24, 2.45) is 0 Å². The summed E-state index contributed by atoms with van der Waals surface area (Å²) < 4.78 is 5.40. The summed E-state index contributed by atoms with van der Waals surface area (Å²) in [6, 6.07) is -0.449. The molecule has 0 aromatic carbocycles. The zero-order valence-corrected chi connectivity index (χ0v) is 13.1. The zero-order chi connectivity index (χ0) is 15.2. The third-order valence-electron chi connectivity index (χ3n) is 3.98. The van der Waals surface area contributed by atoms with Crippen molar-refractivity contribution >= 4 is 11.9 Å². The van der Waals surface area contributed by atoms with Crippen LogP contribution in [0.3, 0.4) is 0 Å². The van der Waals surface area contributed by atoms with Gasteiger partial charge in [-0.05, 0) is 26.7 Å². The predicted octanol–water partition coefficient (Wildman–Crippen LogP) is 1.21. The topological polar surface area (TPSA) is 61.9 Å². The van der Waals surface area contributed by atoms with E-state index < -0.39 is 6.04 Å². The van der Waals surface area contributed by atoms with Gasteiger partial charge in [0.15, 0.2) is 0 Å². The third-order valence-corrected chi connectivity index (χ3v) is 3.98. The molecule has 6 nitrogen and oxygen atoms in total. The molecule has 120 valence electrons. The summed E-state index contributed by atoms with van der Waals surface area (Å²) >= 11 is 0. The van der Waals surface area contributed by atoms with Crippen molar-refractivity contribution in [2.45, 2.75) is 51.6 Å². The van der Waals surface area contributed by atoms with E-state index in [1.54, 1.807) is 4.90 Å². The first-order valence-electron chi connectivity index (χ1n) is 8.03. The lowest BCUT2D eigenvalue weighted by Gasteiger charge is -2.38. The average molecular weight is 297 g/mol. The van der Waals surface area contributed by atoms with Gasteiger partial charge < -0.3 is 19.9 Å². The van der Waals surface area contributed by atoms with Crippen molar-refractivity contribution in [3.63, 3.8) is 0 Å². The third kappa shape index (κ3) is 4.33. The molecule has 0 aromatic rings. The number of ether oxygens (including phenoxy) is 1. The highest BCUT2D eigenvalue weighted by molar-refractivity contribution is 5.87. The quantitative estimate of drug-likeness (QED) is 0.833. The number of carbonyl (C=O) groups excluding carboxylic acids is 2. The van der Waals surface area contributed by atoms with E-state index in [0.29, 0.717) is 13.2 Å². The summed E-state index contributed by atoms with van der Waals surface area (Å²) in [6.07, 6.45) is 4.48. The predicted molar refractivity (Wildman–Crippen MR) is 80.0 cm³/mol. The highest BCUT2D eigenvalue weighted by Gasteiger charge is 2.35. The highest BCUT2D eigenvalue weighted by Crippen LogP contribution is 2.15. The normalized spacial score (nSPS) is 23.9. The summed E-state index contributed by atoms with van der Waals surface area (Å²) in [7, 11) is 0. The Kier molecular flexibility index (Phi) is 5.85. The summed E-state index contributed by atoms with van der Waals surface area (Å²) in [6.45, 7) is 6.73. The second-order valence-electron chi connectivity index (χ2n) is 6.13. The molecule has 2 aliphatic heterocycles. The first-order chi connectivity index (χ1) is 10.1. The molecule has 1 unspecified atom stereocenters. The lowest BCUT2D eigenvalue weighted by molar-refractivity contribution is -0.131. The van der Waals surface area contributed by atoms with E-state index in [0.717, 1.165) is 25.9 Å². The van der Waals surface area contributed by atoms with Crippen LogP contribution < -0.4 is 5.32 Å². The van der Waals surface area contributed by atoms with Gasteiger partial charge in [0.2, 0.25) is 5.91 Å². The van der Waals surface area contributed by atoms with E-state index in [9.17, 15) is 9.59 Å². The second kappa shape index (κ2) is 7.64. The maximum absolute atomic E-state index is 12.7. The first kappa shape index (κ1) is 16.1.